The van der Waals surface area contributed by atoms with Gasteiger partial charge in [0, 0.05) is 23.7 Å². The minimum atomic E-state index is -0.0363. The molecule has 2 aliphatic heterocycles. The number of hydrazone groups is 1. The Bertz CT molecular complexity index is 1910. The molecule has 240 valence electrons. The van der Waals surface area contributed by atoms with Crippen molar-refractivity contribution in [2.45, 2.75) is 12.5 Å². The first-order chi connectivity index (χ1) is 23.8. The summed E-state index contributed by atoms with van der Waals surface area (Å²) >= 11 is 0. The lowest BCUT2D eigenvalue weighted by atomic mass is 9.95. The van der Waals surface area contributed by atoms with Crippen molar-refractivity contribution in [2.24, 2.45) is 5.10 Å². The highest BCUT2D eigenvalue weighted by atomic mass is 16.6. The Labute approximate surface area is 281 Å². The fraction of sp³-hybridized carbons (Fsp3) is 0.171. The Morgan fingerprint density at radius 1 is 0.583 bits per heavy atom. The number of methoxy groups -OCH3 is 1. The number of anilines is 1. The molecular weight excluding hydrogens is 596 g/mol. The predicted octanol–water partition coefficient (Wildman–Crippen LogP) is 8.60. The van der Waals surface area contributed by atoms with Gasteiger partial charge in [-0.25, -0.2) is 4.68 Å². The fourth-order valence-corrected chi connectivity index (χ4v) is 5.99. The molecule has 1 aromatic heterocycles. The van der Waals surface area contributed by atoms with Crippen molar-refractivity contribution in [3.8, 4) is 33.8 Å². The van der Waals surface area contributed by atoms with Crippen molar-refractivity contribution < 1.29 is 14.2 Å². The maximum absolute atomic E-state index is 5.43. The van der Waals surface area contributed by atoms with Gasteiger partial charge in [-0.3, -0.25) is 5.01 Å². The van der Waals surface area contributed by atoms with Crippen LogP contribution in [-0.4, -0.2) is 49.0 Å². The first-order valence-electron chi connectivity index (χ1n) is 16.3. The van der Waals surface area contributed by atoms with Gasteiger partial charge in [0.15, 0.2) is 0 Å². The van der Waals surface area contributed by atoms with Gasteiger partial charge in [0.1, 0.15) is 5.75 Å². The van der Waals surface area contributed by atoms with E-state index in [-0.39, 0.29) is 6.04 Å². The average molecular weight is 635 g/mol. The largest absolute Gasteiger partial charge is 0.497 e. The highest BCUT2D eigenvalue weighted by Gasteiger charge is 2.33. The Hall–Kier alpha value is -5.50. The number of ether oxygens (including phenoxy) is 3. The number of para-hydroxylation sites is 2. The van der Waals surface area contributed by atoms with E-state index in [1.807, 2.05) is 47.1 Å². The van der Waals surface area contributed by atoms with Gasteiger partial charge in [0.05, 0.1) is 62.4 Å². The Balaban J connectivity index is 0.000000550. The second-order valence-corrected chi connectivity index (χ2v) is 11.6. The number of nitrogens with zero attached hydrogens (tertiary/aromatic N) is 4. The van der Waals surface area contributed by atoms with Gasteiger partial charge in [0.2, 0.25) is 0 Å². The summed E-state index contributed by atoms with van der Waals surface area (Å²) in [6, 6.07) is 47.9. The van der Waals surface area contributed by atoms with Gasteiger partial charge in [-0.05, 0) is 65.2 Å². The molecule has 2 aliphatic rings. The van der Waals surface area contributed by atoms with E-state index in [9.17, 15) is 0 Å². The van der Waals surface area contributed by atoms with Crippen molar-refractivity contribution in [2.75, 3.05) is 38.5 Å². The first kappa shape index (κ1) is 31.1. The number of rotatable bonds is 7. The van der Waals surface area contributed by atoms with E-state index in [1.165, 1.54) is 11.1 Å². The highest BCUT2D eigenvalue weighted by molar-refractivity contribution is 6.03. The van der Waals surface area contributed by atoms with E-state index in [4.69, 9.17) is 24.4 Å². The molecule has 0 bridgehead atoms. The summed E-state index contributed by atoms with van der Waals surface area (Å²) in [5, 5.41) is 12.5. The molecule has 0 spiro atoms. The summed E-state index contributed by atoms with van der Waals surface area (Å²) in [6.45, 7) is 3.11. The maximum atomic E-state index is 5.43. The smallest absolute Gasteiger partial charge is 0.118 e. The number of benzene rings is 5. The number of hydrogen-bond acceptors (Lipinski definition) is 6. The van der Waals surface area contributed by atoms with Gasteiger partial charge in [0.25, 0.3) is 0 Å². The SMILES string of the molecule is C1COCCO1.COc1ccc(-c2nn(-c3ccccc3)cc2[C@H]2CC(c3ccc(-c4ccccc4)cc3)=NN2c2ccccc2)cc1. The van der Waals surface area contributed by atoms with Crippen LogP contribution in [0.5, 0.6) is 5.75 Å². The van der Waals surface area contributed by atoms with E-state index in [0.717, 1.165) is 78.1 Å². The van der Waals surface area contributed by atoms with Crippen LogP contribution in [0.1, 0.15) is 23.6 Å². The predicted molar refractivity (Wildman–Crippen MR) is 192 cm³/mol. The van der Waals surface area contributed by atoms with E-state index >= 15 is 0 Å². The zero-order valence-corrected chi connectivity index (χ0v) is 27.0. The zero-order chi connectivity index (χ0) is 32.5. The zero-order valence-electron chi connectivity index (χ0n) is 27.0. The van der Waals surface area contributed by atoms with E-state index in [2.05, 4.69) is 108 Å². The molecule has 7 nitrogen and oxygen atoms in total. The summed E-state index contributed by atoms with van der Waals surface area (Å²) in [6.07, 6.45) is 2.91. The number of hydrogen-bond donors (Lipinski definition) is 0. The van der Waals surface area contributed by atoms with Gasteiger partial charge < -0.3 is 14.2 Å². The topological polar surface area (TPSA) is 61.1 Å². The third-order valence-corrected chi connectivity index (χ3v) is 8.49. The summed E-state index contributed by atoms with van der Waals surface area (Å²) in [4.78, 5) is 0. The van der Waals surface area contributed by atoms with Crippen LogP contribution in [0.25, 0.3) is 28.1 Å². The van der Waals surface area contributed by atoms with Crippen LogP contribution < -0.4 is 9.75 Å². The highest BCUT2D eigenvalue weighted by Crippen LogP contribution is 2.41. The Kier molecular flexibility index (Phi) is 9.69. The van der Waals surface area contributed by atoms with Gasteiger partial charge in [-0.2, -0.15) is 10.2 Å². The fourth-order valence-electron chi connectivity index (χ4n) is 5.99. The van der Waals surface area contributed by atoms with Gasteiger partial charge in [-0.15, -0.1) is 0 Å². The molecule has 1 saturated heterocycles. The van der Waals surface area contributed by atoms with Crippen molar-refractivity contribution in [1.82, 2.24) is 9.78 Å². The second-order valence-electron chi connectivity index (χ2n) is 11.6. The molecule has 5 aromatic carbocycles. The molecular formula is C41H38N4O3. The molecule has 48 heavy (non-hydrogen) atoms. The molecule has 0 radical (unpaired) electrons. The summed E-state index contributed by atoms with van der Waals surface area (Å²) in [5.41, 5.74) is 9.73. The molecule has 8 rings (SSSR count). The Morgan fingerprint density at radius 2 is 1.10 bits per heavy atom. The van der Waals surface area contributed by atoms with E-state index < -0.39 is 0 Å². The first-order valence-corrected chi connectivity index (χ1v) is 16.3. The van der Waals surface area contributed by atoms with Crippen molar-refractivity contribution >= 4 is 11.4 Å². The lowest BCUT2D eigenvalue weighted by Crippen LogP contribution is -2.18. The molecule has 0 unspecified atom stereocenters. The van der Waals surface area contributed by atoms with Crippen molar-refractivity contribution in [3.05, 3.63) is 157 Å². The lowest BCUT2D eigenvalue weighted by molar-refractivity contribution is -0.0334. The van der Waals surface area contributed by atoms with Crippen molar-refractivity contribution in [1.29, 1.82) is 0 Å². The monoisotopic (exact) mass is 634 g/mol. The molecule has 7 heteroatoms. The summed E-state index contributed by atoms with van der Waals surface area (Å²) in [5.74, 6) is 0.819. The minimum Gasteiger partial charge on any atom is -0.497 e. The number of aromatic nitrogens is 2. The summed E-state index contributed by atoms with van der Waals surface area (Å²) < 4.78 is 17.3. The molecule has 0 N–H and O–H groups in total. The normalized spacial score (nSPS) is 15.7. The van der Waals surface area contributed by atoms with Crippen LogP contribution in [0.15, 0.2) is 151 Å². The molecule has 0 amide bonds. The van der Waals surface area contributed by atoms with Crippen LogP contribution in [0.3, 0.4) is 0 Å². The minimum absolute atomic E-state index is 0.0363. The van der Waals surface area contributed by atoms with Crippen LogP contribution in [0.4, 0.5) is 5.69 Å². The van der Waals surface area contributed by atoms with Gasteiger partial charge in [-0.1, -0.05) is 91.0 Å². The molecule has 6 aromatic rings. The summed E-state index contributed by atoms with van der Waals surface area (Å²) in [7, 11) is 1.69. The molecule has 3 heterocycles. The van der Waals surface area contributed by atoms with E-state index in [1.54, 1.807) is 7.11 Å². The quantitative estimate of drug-likeness (QED) is 0.176. The van der Waals surface area contributed by atoms with Crippen LogP contribution >= 0.6 is 0 Å². The van der Waals surface area contributed by atoms with E-state index in [0.29, 0.717) is 0 Å². The molecule has 1 fully saturated rings. The lowest BCUT2D eigenvalue weighted by Gasteiger charge is -2.23. The molecule has 0 aliphatic carbocycles. The molecule has 1 atom stereocenters. The van der Waals surface area contributed by atoms with Crippen LogP contribution in [0, 0.1) is 0 Å². The van der Waals surface area contributed by atoms with Gasteiger partial charge >= 0.3 is 0 Å². The second kappa shape index (κ2) is 14.9. The maximum Gasteiger partial charge on any atom is 0.118 e. The van der Waals surface area contributed by atoms with Crippen LogP contribution in [0.2, 0.25) is 0 Å². The van der Waals surface area contributed by atoms with Crippen molar-refractivity contribution in [3.63, 3.8) is 0 Å². The Morgan fingerprint density at radius 3 is 1.69 bits per heavy atom. The third kappa shape index (κ3) is 7.08. The molecule has 0 saturated carbocycles. The standard InChI is InChI=1S/C37H30N4O.C4H8O2/c1-42-33-23-21-30(22-24-33)37-34(26-40(39-37)31-13-7-3-8-14-31)36-25-35(38-41(36)32-15-9-4-10-16-32)29-19-17-28(18-20-29)27-11-5-2-6-12-27;1-2-6-4-3-5-1/h2-24,26,36H,25H2,1H3;1-4H2/t36-;/m1./s1. The third-order valence-electron chi connectivity index (χ3n) is 8.49. The average Bonchev–Trinajstić information content (AvgIpc) is 3.83. The van der Waals surface area contributed by atoms with Crippen LogP contribution in [-0.2, 0) is 9.47 Å².